The standard InChI is InChI=1S/C22H28N2O6S/c1-28-19-12-16(13-20(29-2)22(19)30-3)24-21(25)14-23-15-8-10-18(11-9-15)31(26,27)17-6-4-5-7-17/h8-13,17,23H,4-7,14H2,1-3H3,(H,24,25). The third-order valence-electron chi connectivity index (χ3n) is 5.33. The molecule has 0 saturated heterocycles. The van der Waals surface area contributed by atoms with Gasteiger partial charge in [0.2, 0.25) is 11.7 Å². The summed E-state index contributed by atoms with van der Waals surface area (Å²) in [7, 11) is 1.22. The van der Waals surface area contributed by atoms with Crippen molar-refractivity contribution in [3.05, 3.63) is 36.4 Å². The van der Waals surface area contributed by atoms with Gasteiger partial charge in [-0.1, -0.05) is 12.8 Å². The number of anilines is 2. The zero-order valence-corrected chi connectivity index (χ0v) is 18.8. The zero-order valence-electron chi connectivity index (χ0n) is 17.9. The van der Waals surface area contributed by atoms with E-state index in [1.54, 1.807) is 36.4 Å². The molecule has 0 spiro atoms. The highest BCUT2D eigenvalue weighted by Gasteiger charge is 2.30. The fraction of sp³-hybridized carbons (Fsp3) is 0.409. The van der Waals surface area contributed by atoms with Crippen molar-refractivity contribution < 1.29 is 27.4 Å². The van der Waals surface area contributed by atoms with Crippen LogP contribution in [-0.4, -0.2) is 47.4 Å². The summed E-state index contributed by atoms with van der Waals surface area (Å²) in [5, 5.41) is 5.49. The summed E-state index contributed by atoms with van der Waals surface area (Å²) < 4.78 is 41.1. The van der Waals surface area contributed by atoms with Gasteiger partial charge in [0.1, 0.15) is 0 Å². The average Bonchev–Trinajstić information content (AvgIpc) is 3.33. The maximum atomic E-state index is 12.7. The summed E-state index contributed by atoms with van der Waals surface area (Å²) in [6.07, 6.45) is 3.38. The molecule has 2 aromatic rings. The molecule has 0 aliphatic heterocycles. The number of hydrogen-bond acceptors (Lipinski definition) is 7. The van der Waals surface area contributed by atoms with E-state index in [1.807, 2.05) is 0 Å². The van der Waals surface area contributed by atoms with Gasteiger partial charge >= 0.3 is 0 Å². The van der Waals surface area contributed by atoms with Gasteiger partial charge in [0.25, 0.3) is 0 Å². The maximum Gasteiger partial charge on any atom is 0.243 e. The Morgan fingerprint density at radius 1 is 0.935 bits per heavy atom. The Kier molecular flexibility index (Phi) is 7.27. The molecule has 3 rings (SSSR count). The van der Waals surface area contributed by atoms with E-state index in [9.17, 15) is 13.2 Å². The Bertz CT molecular complexity index is 990. The van der Waals surface area contributed by atoms with Crippen LogP contribution in [0.1, 0.15) is 25.7 Å². The number of carbonyl (C=O) groups is 1. The fourth-order valence-corrected chi connectivity index (χ4v) is 5.55. The quantitative estimate of drug-likeness (QED) is 0.605. The van der Waals surface area contributed by atoms with Gasteiger partial charge in [0, 0.05) is 23.5 Å². The number of ether oxygens (including phenoxy) is 3. The van der Waals surface area contributed by atoms with Crippen LogP contribution in [0.5, 0.6) is 17.2 Å². The van der Waals surface area contributed by atoms with Crippen LogP contribution in [0.2, 0.25) is 0 Å². The van der Waals surface area contributed by atoms with Gasteiger partial charge < -0.3 is 24.8 Å². The lowest BCUT2D eigenvalue weighted by molar-refractivity contribution is -0.114. The Morgan fingerprint density at radius 3 is 2.03 bits per heavy atom. The van der Waals surface area contributed by atoms with Crippen LogP contribution < -0.4 is 24.8 Å². The smallest absolute Gasteiger partial charge is 0.243 e. The van der Waals surface area contributed by atoms with Crippen LogP contribution in [0.15, 0.2) is 41.3 Å². The molecule has 1 aliphatic carbocycles. The van der Waals surface area contributed by atoms with E-state index >= 15 is 0 Å². The highest BCUT2D eigenvalue weighted by molar-refractivity contribution is 7.92. The van der Waals surface area contributed by atoms with E-state index in [1.165, 1.54) is 21.3 Å². The van der Waals surface area contributed by atoms with E-state index in [-0.39, 0.29) is 17.7 Å². The molecule has 2 N–H and O–H groups in total. The number of benzene rings is 2. The molecule has 1 amide bonds. The Morgan fingerprint density at radius 2 is 1.52 bits per heavy atom. The van der Waals surface area contributed by atoms with Crippen molar-refractivity contribution in [1.82, 2.24) is 0 Å². The average molecular weight is 449 g/mol. The zero-order chi connectivity index (χ0) is 22.4. The monoisotopic (exact) mass is 448 g/mol. The number of methoxy groups -OCH3 is 3. The van der Waals surface area contributed by atoms with E-state index in [4.69, 9.17) is 14.2 Å². The van der Waals surface area contributed by atoms with Crippen LogP contribution in [0.25, 0.3) is 0 Å². The topological polar surface area (TPSA) is 103 Å². The second kappa shape index (κ2) is 9.91. The molecular formula is C22H28N2O6S. The van der Waals surface area contributed by atoms with E-state index in [2.05, 4.69) is 10.6 Å². The molecule has 1 aliphatic rings. The van der Waals surface area contributed by atoms with Gasteiger partial charge in [-0.3, -0.25) is 4.79 Å². The Labute approximate surface area is 182 Å². The number of nitrogens with one attached hydrogen (secondary N) is 2. The molecule has 0 radical (unpaired) electrons. The van der Waals surface area contributed by atoms with Gasteiger partial charge in [0.15, 0.2) is 21.3 Å². The predicted molar refractivity (Wildman–Crippen MR) is 119 cm³/mol. The lowest BCUT2D eigenvalue weighted by Gasteiger charge is -2.15. The number of hydrogen-bond donors (Lipinski definition) is 2. The first-order valence-corrected chi connectivity index (χ1v) is 11.6. The molecule has 8 nitrogen and oxygen atoms in total. The van der Waals surface area contributed by atoms with Crippen molar-refractivity contribution in [2.75, 3.05) is 38.5 Å². The number of rotatable bonds is 9. The molecule has 1 fully saturated rings. The fourth-order valence-electron chi connectivity index (χ4n) is 3.69. The van der Waals surface area contributed by atoms with E-state index in [0.29, 0.717) is 33.5 Å². The van der Waals surface area contributed by atoms with Crippen LogP contribution >= 0.6 is 0 Å². The van der Waals surface area contributed by atoms with E-state index < -0.39 is 9.84 Å². The summed E-state index contributed by atoms with van der Waals surface area (Å²) >= 11 is 0. The number of sulfone groups is 1. The van der Waals surface area contributed by atoms with Crippen molar-refractivity contribution in [2.45, 2.75) is 35.8 Å². The molecule has 9 heteroatoms. The van der Waals surface area contributed by atoms with Crippen LogP contribution in [0.4, 0.5) is 11.4 Å². The molecule has 0 bridgehead atoms. The summed E-state index contributed by atoms with van der Waals surface area (Å²) in [5.74, 6) is 1.03. The van der Waals surface area contributed by atoms with Gasteiger partial charge in [-0.2, -0.15) is 0 Å². The third-order valence-corrected chi connectivity index (χ3v) is 7.60. The van der Waals surface area contributed by atoms with E-state index in [0.717, 1.165) is 25.7 Å². The van der Waals surface area contributed by atoms with Crippen LogP contribution in [0, 0.1) is 0 Å². The maximum absolute atomic E-state index is 12.7. The first-order chi connectivity index (χ1) is 14.9. The minimum Gasteiger partial charge on any atom is -0.493 e. The highest BCUT2D eigenvalue weighted by Crippen LogP contribution is 2.39. The lowest BCUT2D eigenvalue weighted by Crippen LogP contribution is -2.22. The first kappa shape index (κ1) is 22.7. The van der Waals surface area contributed by atoms with Crippen LogP contribution in [0.3, 0.4) is 0 Å². The second-order valence-electron chi connectivity index (χ2n) is 7.29. The van der Waals surface area contributed by atoms with Gasteiger partial charge in [-0.25, -0.2) is 8.42 Å². The lowest BCUT2D eigenvalue weighted by atomic mass is 10.2. The van der Waals surface area contributed by atoms with Crippen molar-refractivity contribution in [3.63, 3.8) is 0 Å². The summed E-state index contributed by atoms with van der Waals surface area (Å²) in [4.78, 5) is 12.7. The summed E-state index contributed by atoms with van der Waals surface area (Å²) in [6, 6.07) is 9.81. The van der Waals surface area contributed by atoms with Crippen molar-refractivity contribution in [3.8, 4) is 17.2 Å². The molecule has 0 heterocycles. The normalized spacial score (nSPS) is 14.2. The molecule has 0 atom stereocenters. The molecular weight excluding hydrogens is 420 g/mol. The van der Waals surface area contributed by atoms with Gasteiger partial charge in [-0.15, -0.1) is 0 Å². The SMILES string of the molecule is COc1cc(NC(=O)CNc2ccc(S(=O)(=O)C3CCCC3)cc2)cc(OC)c1OC. The highest BCUT2D eigenvalue weighted by atomic mass is 32.2. The van der Waals surface area contributed by atoms with Crippen LogP contribution in [-0.2, 0) is 14.6 Å². The van der Waals surface area contributed by atoms with Crippen molar-refractivity contribution in [1.29, 1.82) is 0 Å². The Balaban J connectivity index is 1.61. The van der Waals surface area contributed by atoms with Crippen molar-refractivity contribution in [2.24, 2.45) is 0 Å². The second-order valence-corrected chi connectivity index (χ2v) is 9.52. The molecule has 168 valence electrons. The largest absolute Gasteiger partial charge is 0.493 e. The minimum atomic E-state index is -3.29. The molecule has 1 saturated carbocycles. The van der Waals surface area contributed by atoms with Gasteiger partial charge in [-0.05, 0) is 37.1 Å². The summed E-state index contributed by atoms with van der Waals surface area (Å²) in [6.45, 7) is 0.00534. The Hall–Kier alpha value is -2.94. The van der Waals surface area contributed by atoms with Gasteiger partial charge in [0.05, 0.1) is 38.0 Å². The minimum absolute atomic E-state index is 0.00534. The third kappa shape index (κ3) is 5.22. The summed E-state index contributed by atoms with van der Waals surface area (Å²) in [5.41, 5.74) is 1.16. The first-order valence-electron chi connectivity index (χ1n) is 10.1. The molecule has 31 heavy (non-hydrogen) atoms. The molecule has 0 unspecified atom stereocenters. The predicted octanol–water partition coefficient (Wildman–Crippen LogP) is 3.48. The number of amides is 1. The number of carbonyl (C=O) groups excluding carboxylic acids is 1. The molecule has 2 aromatic carbocycles. The van der Waals surface area contributed by atoms with Crippen molar-refractivity contribution >= 4 is 27.1 Å². The molecule has 0 aromatic heterocycles.